The van der Waals surface area contributed by atoms with Gasteiger partial charge < -0.3 is 33.8 Å². The normalized spacial score (nSPS) is 14.2. The molecule has 0 saturated carbocycles. The summed E-state index contributed by atoms with van der Waals surface area (Å²) in [5, 5.41) is 10.6. The number of aliphatic hydroxyl groups is 1. The van der Waals surface area contributed by atoms with Gasteiger partial charge in [0.25, 0.3) is 0 Å². The average Bonchev–Trinajstić information content (AvgIpc) is 3.53. The van der Waals surface area contributed by atoms with E-state index in [1.165, 1.54) is 148 Å². The molecule has 19 heteroatoms. The summed E-state index contributed by atoms with van der Waals surface area (Å²) in [7, 11) is -9.90. The van der Waals surface area contributed by atoms with Crippen LogP contribution < -0.4 is 0 Å². The van der Waals surface area contributed by atoms with Gasteiger partial charge in [0, 0.05) is 25.7 Å². The monoisotopic (exact) mass is 1320 g/mol. The van der Waals surface area contributed by atoms with Crippen molar-refractivity contribution in [1.82, 2.24) is 0 Å². The lowest BCUT2D eigenvalue weighted by Gasteiger charge is -2.21. The Hall–Kier alpha value is -2.46. The first-order valence-corrected chi connectivity index (χ1v) is 39.6. The first-order chi connectivity index (χ1) is 43.7. The molecule has 0 amide bonds. The van der Waals surface area contributed by atoms with Crippen molar-refractivity contribution in [2.75, 3.05) is 39.6 Å². The minimum Gasteiger partial charge on any atom is -0.462 e. The maximum absolute atomic E-state index is 13.0. The molecule has 90 heavy (non-hydrogen) atoms. The van der Waals surface area contributed by atoms with Gasteiger partial charge in [0.05, 0.1) is 26.4 Å². The van der Waals surface area contributed by atoms with Crippen molar-refractivity contribution in [2.45, 2.75) is 367 Å². The fourth-order valence-electron chi connectivity index (χ4n) is 10.3. The second-order valence-electron chi connectivity index (χ2n) is 24.9. The van der Waals surface area contributed by atoms with Crippen LogP contribution in [0.5, 0.6) is 0 Å². The van der Waals surface area contributed by atoms with Crippen LogP contribution >= 0.6 is 15.6 Å². The average molecular weight is 1320 g/mol. The van der Waals surface area contributed by atoms with Crippen molar-refractivity contribution in [2.24, 2.45) is 0 Å². The fraction of sp³-hybridized carbons (Fsp3) is 0.887. The molecular weight excluding hydrogens is 1190 g/mol. The van der Waals surface area contributed by atoms with Crippen molar-refractivity contribution in [3.63, 3.8) is 0 Å². The summed E-state index contributed by atoms with van der Waals surface area (Å²) >= 11 is 0. The molecule has 5 atom stereocenters. The number of phosphoric acid groups is 2. The van der Waals surface area contributed by atoms with Crippen molar-refractivity contribution >= 4 is 39.5 Å². The number of hydrogen-bond acceptors (Lipinski definition) is 15. The number of esters is 4. The molecule has 0 aromatic heterocycles. The molecule has 0 bridgehead atoms. The van der Waals surface area contributed by atoms with Gasteiger partial charge in [-0.05, 0) is 51.4 Å². The van der Waals surface area contributed by atoms with Crippen molar-refractivity contribution in [3.05, 3.63) is 24.3 Å². The van der Waals surface area contributed by atoms with E-state index in [1.54, 1.807) is 0 Å². The molecule has 0 rings (SSSR count). The maximum Gasteiger partial charge on any atom is 0.472 e. The number of hydrogen-bond donors (Lipinski definition) is 3. The number of rotatable bonds is 70. The summed E-state index contributed by atoms with van der Waals surface area (Å²) in [5.41, 5.74) is 0. The highest BCUT2D eigenvalue weighted by Crippen LogP contribution is 2.45. The summed E-state index contributed by atoms with van der Waals surface area (Å²) in [5.74, 6) is -2.15. The predicted molar refractivity (Wildman–Crippen MR) is 363 cm³/mol. The number of phosphoric ester groups is 2. The number of aliphatic hydroxyl groups excluding tert-OH is 1. The third-order valence-corrected chi connectivity index (χ3v) is 17.9. The summed E-state index contributed by atoms with van der Waals surface area (Å²) in [6, 6.07) is 0. The highest BCUT2D eigenvalue weighted by atomic mass is 31.2. The van der Waals surface area contributed by atoms with Crippen molar-refractivity contribution in [1.29, 1.82) is 0 Å². The van der Waals surface area contributed by atoms with E-state index in [0.29, 0.717) is 25.7 Å². The van der Waals surface area contributed by atoms with Gasteiger partial charge in [0.15, 0.2) is 12.2 Å². The van der Waals surface area contributed by atoms with Gasteiger partial charge in [-0.15, -0.1) is 0 Å². The molecular formula is C71H134O17P2. The van der Waals surface area contributed by atoms with E-state index in [0.717, 1.165) is 122 Å². The standard InChI is InChI=1S/C71H134O17P2/c1-5-9-13-17-21-24-27-29-31-32-34-36-39-42-46-50-54-58-71(76)88-67(62-82-69(74)56-52-48-44-40-38-35-33-30-28-25-22-18-14-10-6-2)64-86-90(79,80)84-60-65(72)59-83-89(77,78)85-63-66(61-81-68(73)55-51-47-43-20-16-12-8-4)87-70(75)57-53-49-45-41-37-26-23-19-15-11-7-3/h25,28,30,33,65-67,72H,5-24,26-27,29,31-32,34-64H2,1-4H3,(H,77,78)(H,79,80)/b28-25-,33-30-/t65-,66+,67+/m0/s1. The molecule has 2 unspecified atom stereocenters. The molecule has 0 saturated heterocycles. The molecule has 0 radical (unpaired) electrons. The van der Waals surface area contributed by atoms with E-state index in [1.807, 2.05) is 0 Å². The van der Waals surface area contributed by atoms with Crippen LogP contribution in [0.15, 0.2) is 24.3 Å². The lowest BCUT2D eigenvalue weighted by atomic mass is 10.0. The summed E-state index contributed by atoms with van der Waals surface area (Å²) in [6.45, 7) is 4.84. The molecule has 530 valence electrons. The number of unbranched alkanes of at least 4 members (excludes halogenated alkanes) is 41. The smallest absolute Gasteiger partial charge is 0.462 e. The van der Waals surface area contributed by atoms with E-state index in [9.17, 15) is 43.2 Å². The van der Waals surface area contributed by atoms with Crippen molar-refractivity contribution < 1.29 is 80.2 Å². The molecule has 0 aliphatic rings. The second kappa shape index (κ2) is 65.2. The van der Waals surface area contributed by atoms with E-state index < -0.39 is 97.5 Å². The van der Waals surface area contributed by atoms with Gasteiger partial charge >= 0.3 is 39.5 Å². The van der Waals surface area contributed by atoms with Crippen LogP contribution in [0.4, 0.5) is 0 Å². The summed E-state index contributed by atoms with van der Waals surface area (Å²) in [6.07, 6.45) is 56.4. The predicted octanol–water partition coefficient (Wildman–Crippen LogP) is 20.2. The van der Waals surface area contributed by atoms with Crippen LogP contribution in [0.2, 0.25) is 0 Å². The molecule has 0 aliphatic heterocycles. The quantitative estimate of drug-likeness (QED) is 0.0169. The molecule has 0 aromatic rings. The summed E-state index contributed by atoms with van der Waals surface area (Å²) < 4.78 is 68.2. The zero-order valence-electron chi connectivity index (χ0n) is 57.6. The Morgan fingerprint density at radius 2 is 0.533 bits per heavy atom. The van der Waals surface area contributed by atoms with E-state index in [-0.39, 0.29) is 25.7 Å². The van der Waals surface area contributed by atoms with Crippen LogP contribution in [0, 0.1) is 0 Å². The number of carbonyl (C=O) groups excluding carboxylic acids is 4. The second-order valence-corrected chi connectivity index (χ2v) is 27.8. The van der Waals surface area contributed by atoms with Gasteiger partial charge in [-0.2, -0.15) is 0 Å². The molecule has 0 spiro atoms. The number of carbonyl (C=O) groups is 4. The molecule has 0 fully saturated rings. The molecule has 0 aliphatic carbocycles. The fourth-order valence-corrected chi connectivity index (χ4v) is 11.9. The van der Waals surface area contributed by atoms with Crippen LogP contribution in [0.25, 0.3) is 0 Å². The number of allylic oxidation sites excluding steroid dienone is 4. The maximum atomic E-state index is 13.0. The Labute approximate surface area is 548 Å². The first kappa shape index (κ1) is 87.5. The Bertz CT molecular complexity index is 1820. The molecule has 3 N–H and O–H groups in total. The Morgan fingerprint density at radius 1 is 0.311 bits per heavy atom. The minimum atomic E-state index is -4.96. The van der Waals surface area contributed by atoms with Crippen LogP contribution in [0.3, 0.4) is 0 Å². The Kier molecular flexibility index (Phi) is 63.4. The van der Waals surface area contributed by atoms with Gasteiger partial charge in [0.2, 0.25) is 0 Å². The third kappa shape index (κ3) is 64.3. The van der Waals surface area contributed by atoms with Gasteiger partial charge in [0.1, 0.15) is 19.3 Å². The van der Waals surface area contributed by atoms with Gasteiger partial charge in [-0.25, -0.2) is 9.13 Å². The molecule has 17 nitrogen and oxygen atoms in total. The zero-order chi connectivity index (χ0) is 66.1. The van der Waals surface area contributed by atoms with Crippen molar-refractivity contribution in [3.8, 4) is 0 Å². The van der Waals surface area contributed by atoms with Crippen LogP contribution in [-0.2, 0) is 65.4 Å². The van der Waals surface area contributed by atoms with E-state index in [4.69, 9.17) is 37.0 Å². The largest absolute Gasteiger partial charge is 0.472 e. The Morgan fingerprint density at radius 3 is 0.811 bits per heavy atom. The zero-order valence-corrected chi connectivity index (χ0v) is 59.4. The number of ether oxygens (including phenoxy) is 4. The summed E-state index contributed by atoms with van der Waals surface area (Å²) in [4.78, 5) is 72.4. The SMILES string of the molecule is CCCCCC/C=C\C=C/CCCCCCCC(=O)OC[C@H](COP(=O)(O)OC[C@@H](O)COP(=O)(O)OC[C@@H](COC(=O)CCCCCCCCC)OC(=O)CCCCCCCCCCCCC)OC(=O)CCCCCCCCCCCCCCCCCCC. The third-order valence-electron chi connectivity index (χ3n) is 16.0. The van der Waals surface area contributed by atoms with Gasteiger partial charge in [-0.1, -0.05) is 296 Å². The van der Waals surface area contributed by atoms with E-state index in [2.05, 4.69) is 52.0 Å². The van der Waals surface area contributed by atoms with Crippen LogP contribution in [-0.4, -0.2) is 96.7 Å². The highest BCUT2D eigenvalue weighted by Gasteiger charge is 2.30. The van der Waals surface area contributed by atoms with Crippen LogP contribution in [0.1, 0.15) is 349 Å². The topological polar surface area (TPSA) is 237 Å². The van der Waals surface area contributed by atoms with E-state index >= 15 is 0 Å². The lowest BCUT2D eigenvalue weighted by Crippen LogP contribution is -2.30. The molecule has 0 heterocycles. The minimum absolute atomic E-state index is 0.102. The molecule has 0 aromatic carbocycles. The first-order valence-electron chi connectivity index (χ1n) is 36.6. The Balaban J connectivity index is 5.23. The highest BCUT2D eigenvalue weighted by molar-refractivity contribution is 7.47. The lowest BCUT2D eigenvalue weighted by molar-refractivity contribution is -0.161. The van der Waals surface area contributed by atoms with Gasteiger partial charge in [-0.3, -0.25) is 37.3 Å².